The molecule has 15 heavy (non-hydrogen) atoms. The predicted molar refractivity (Wildman–Crippen MR) is 62.5 cm³/mol. The molecule has 2 N–H and O–H groups in total. The van der Waals surface area contributed by atoms with Gasteiger partial charge in [-0.15, -0.1) is 0 Å². The molecule has 80 valence electrons. The smallest absolute Gasteiger partial charge is 0.229 e. The van der Waals surface area contributed by atoms with Gasteiger partial charge >= 0.3 is 0 Å². The third kappa shape index (κ3) is 1.92. The first kappa shape index (κ1) is 10.3. The third-order valence-electron chi connectivity index (χ3n) is 2.53. The summed E-state index contributed by atoms with van der Waals surface area (Å²) >= 11 is 6.08. The lowest BCUT2D eigenvalue weighted by Crippen LogP contribution is -2.22. The van der Waals surface area contributed by atoms with Crippen molar-refractivity contribution in [2.24, 2.45) is 5.92 Å². The fourth-order valence-corrected chi connectivity index (χ4v) is 1.93. The topological polar surface area (TPSA) is 41.1 Å². The minimum atomic E-state index is -0.0474. The zero-order chi connectivity index (χ0) is 11.0. The fourth-order valence-electron chi connectivity index (χ4n) is 1.61. The van der Waals surface area contributed by atoms with E-state index in [9.17, 15) is 4.79 Å². The number of benzene rings is 1. The number of carbonyl (C=O) groups excluding carboxylic acids is 1. The Morgan fingerprint density at radius 3 is 2.93 bits per heavy atom. The standard InChI is InChI=1S/C11H13ClN2O/c1-6-3-8(12)10-9(4-6)13-5-7(2)11(15)14-10/h3-4,7,13H,5H2,1-2H3,(H,14,15). The first-order chi connectivity index (χ1) is 7.08. The zero-order valence-electron chi connectivity index (χ0n) is 8.73. The molecule has 1 unspecified atom stereocenters. The van der Waals surface area contributed by atoms with Gasteiger partial charge in [0.2, 0.25) is 5.91 Å². The molecule has 0 fully saturated rings. The number of halogens is 1. The number of nitrogens with one attached hydrogen (secondary N) is 2. The van der Waals surface area contributed by atoms with Gasteiger partial charge in [-0.2, -0.15) is 0 Å². The van der Waals surface area contributed by atoms with E-state index in [-0.39, 0.29) is 11.8 Å². The Balaban J connectivity index is 2.47. The van der Waals surface area contributed by atoms with E-state index in [1.807, 2.05) is 26.0 Å². The molecule has 3 nitrogen and oxygen atoms in total. The Morgan fingerprint density at radius 1 is 1.47 bits per heavy atom. The van der Waals surface area contributed by atoms with E-state index in [2.05, 4.69) is 10.6 Å². The molecule has 1 atom stereocenters. The molecule has 0 bridgehead atoms. The molecule has 0 saturated carbocycles. The highest BCUT2D eigenvalue weighted by Gasteiger charge is 2.20. The maximum atomic E-state index is 11.6. The second-order valence-electron chi connectivity index (χ2n) is 3.94. The molecule has 0 aromatic heterocycles. The van der Waals surface area contributed by atoms with Crippen LogP contribution in [-0.4, -0.2) is 12.5 Å². The summed E-state index contributed by atoms with van der Waals surface area (Å²) in [4.78, 5) is 11.6. The van der Waals surface area contributed by atoms with Gasteiger partial charge in [0.15, 0.2) is 0 Å². The zero-order valence-corrected chi connectivity index (χ0v) is 9.48. The SMILES string of the molecule is Cc1cc(Cl)c2c(c1)NCC(C)C(=O)N2. The van der Waals surface area contributed by atoms with E-state index in [1.54, 1.807) is 0 Å². The summed E-state index contributed by atoms with van der Waals surface area (Å²) in [5.74, 6) is -0.0409. The van der Waals surface area contributed by atoms with Crippen molar-refractivity contribution in [2.45, 2.75) is 13.8 Å². The van der Waals surface area contributed by atoms with Crippen LogP contribution in [0.25, 0.3) is 0 Å². The van der Waals surface area contributed by atoms with Crippen LogP contribution >= 0.6 is 11.6 Å². The van der Waals surface area contributed by atoms with Crippen molar-refractivity contribution < 1.29 is 4.79 Å². The minimum absolute atomic E-state index is 0.00648. The van der Waals surface area contributed by atoms with Crippen molar-refractivity contribution in [1.82, 2.24) is 0 Å². The molecule has 0 spiro atoms. The molecule has 0 aliphatic carbocycles. The third-order valence-corrected chi connectivity index (χ3v) is 2.83. The molecule has 0 radical (unpaired) electrons. The van der Waals surface area contributed by atoms with Crippen molar-refractivity contribution >= 4 is 28.9 Å². The predicted octanol–water partition coefficient (Wildman–Crippen LogP) is 2.65. The molecular formula is C11H13ClN2O. The quantitative estimate of drug-likeness (QED) is 0.712. The average molecular weight is 225 g/mol. The molecule has 2 rings (SSSR count). The van der Waals surface area contributed by atoms with E-state index in [1.165, 1.54) is 0 Å². The number of rotatable bonds is 0. The van der Waals surface area contributed by atoms with Crippen LogP contribution in [0.1, 0.15) is 12.5 Å². The molecule has 1 heterocycles. The molecule has 1 aliphatic heterocycles. The van der Waals surface area contributed by atoms with E-state index in [0.29, 0.717) is 17.3 Å². The summed E-state index contributed by atoms with van der Waals surface area (Å²) < 4.78 is 0. The fraction of sp³-hybridized carbons (Fsp3) is 0.364. The lowest BCUT2D eigenvalue weighted by molar-refractivity contribution is -0.118. The average Bonchev–Trinajstić information content (AvgIpc) is 2.30. The lowest BCUT2D eigenvalue weighted by atomic mass is 10.2. The molecule has 1 aliphatic rings. The number of hydrogen-bond donors (Lipinski definition) is 2. The summed E-state index contributed by atoms with van der Waals surface area (Å²) in [6, 6.07) is 3.83. The molecule has 0 saturated heterocycles. The van der Waals surface area contributed by atoms with Gasteiger partial charge in [0, 0.05) is 6.54 Å². The van der Waals surface area contributed by atoms with Crippen LogP contribution in [0.3, 0.4) is 0 Å². The number of aryl methyl sites for hydroxylation is 1. The van der Waals surface area contributed by atoms with Gasteiger partial charge in [-0.05, 0) is 24.6 Å². The highest BCUT2D eigenvalue weighted by atomic mass is 35.5. The summed E-state index contributed by atoms with van der Waals surface area (Å²) in [6.45, 7) is 4.50. The van der Waals surface area contributed by atoms with Gasteiger partial charge in [-0.3, -0.25) is 4.79 Å². The molecule has 4 heteroatoms. The van der Waals surface area contributed by atoms with Crippen molar-refractivity contribution in [3.8, 4) is 0 Å². The first-order valence-corrected chi connectivity index (χ1v) is 5.30. The van der Waals surface area contributed by atoms with Crippen LogP contribution in [0.2, 0.25) is 5.02 Å². The lowest BCUT2D eigenvalue weighted by Gasteiger charge is -2.10. The van der Waals surface area contributed by atoms with E-state index < -0.39 is 0 Å². The van der Waals surface area contributed by atoms with Gasteiger partial charge in [0.1, 0.15) is 0 Å². The Hall–Kier alpha value is -1.22. The second-order valence-corrected chi connectivity index (χ2v) is 4.35. The number of anilines is 2. The maximum absolute atomic E-state index is 11.6. The van der Waals surface area contributed by atoms with Gasteiger partial charge in [0.05, 0.1) is 22.3 Å². The monoisotopic (exact) mass is 224 g/mol. The van der Waals surface area contributed by atoms with Crippen molar-refractivity contribution in [2.75, 3.05) is 17.2 Å². The Labute approximate surface area is 93.8 Å². The summed E-state index contributed by atoms with van der Waals surface area (Å²) in [6.07, 6.45) is 0. The summed E-state index contributed by atoms with van der Waals surface area (Å²) in [5.41, 5.74) is 2.67. The van der Waals surface area contributed by atoms with Gasteiger partial charge in [0.25, 0.3) is 0 Å². The molecule has 1 aromatic rings. The van der Waals surface area contributed by atoms with Crippen molar-refractivity contribution in [3.63, 3.8) is 0 Å². The van der Waals surface area contributed by atoms with E-state index in [4.69, 9.17) is 11.6 Å². The van der Waals surface area contributed by atoms with Crippen LogP contribution < -0.4 is 10.6 Å². The number of hydrogen-bond acceptors (Lipinski definition) is 2. The van der Waals surface area contributed by atoms with Crippen LogP contribution in [0.4, 0.5) is 11.4 Å². The van der Waals surface area contributed by atoms with Crippen LogP contribution in [0.15, 0.2) is 12.1 Å². The van der Waals surface area contributed by atoms with Crippen LogP contribution in [-0.2, 0) is 4.79 Å². The Bertz CT molecular complexity index is 417. The number of amides is 1. The van der Waals surface area contributed by atoms with Crippen molar-refractivity contribution in [1.29, 1.82) is 0 Å². The Kier molecular flexibility index (Phi) is 2.57. The van der Waals surface area contributed by atoms with E-state index in [0.717, 1.165) is 11.3 Å². The van der Waals surface area contributed by atoms with Crippen LogP contribution in [0.5, 0.6) is 0 Å². The summed E-state index contributed by atoms with van der Waals surface area (Å²) in [5, 5.41) is 6.64. The van der Waals surface area contributed by atoms with Crippen LogP contribution in [0, 0.1) is 12.8 Å². The minimum Gasteiger partial charge on any atom is -0.383 e. The van der Waals surface area contributed by atoms with Gasteiger partial charge in [-0.1, -0.05) is 18.5 Å². The van der Waals surface area contributed by atoms with Gasteiger partial charge < -0.3 is 10.6 Å². The summed E-state index contributed by atoms with van der Waals surface area (Å²) in [7, 11) is 0. The number of carbonyl (C=O) groups is 1. The second kappa shape index (κ2) is 3.74. The van der Waals surface area contributed by atoms with E-state index >= 15 is 0 Å². The molecule has 1 amide bonds. The highest BCUT2D eigenvalue weighted by Crippen LogP contribution is 2.33. The molecular weight excluding hydrogens is 212 g/mol. The number of fused-ring (bicyclic) bond motifs is 1. The Morgan fingerprint density at radius 2 is 2.20 bits per heavy atom. The first-order valence-electron chi connectivity index (χ1n) is 4.93. The highest BCUT2D eigenvalue weighted by molar-refractivity contribution is 6.34. The van der Waals surface area contributed by atoms with Gasteiger partial charge in [-0.25, -0.2) is 0 Å². The maximum Gasteiger partial charge on any atom is 0.229 e. The largest absolute Gasteiger partial charge is 0.383 e. The normalized spacial score (nSPS) is 19.9. The molecule has 1 aromatic carbocycles. The van der Waals surface area contributed by atoms with Crippen molar-refractivity contribution in [3.05, 3.63) is 22.7 Å².